The van der Waals surface area contributed by atoms with Crippen LogP contribution in [0.25, 0.3) is 41.6 Å². The summed E-state index contributed by atoms with van der Waals surface area (Å²) in [6.45, 7) is 0. The number of rotatable bonds is 2. The summed E-state index contributed by atoms with van der Waals surface area (Å²) >= 11 is 3.60. The maximum absolute atomic E-state index is 4.75. The number of halogens is 2. The van der Waals surface area contributed by atoms with E-state index in [0.717, 1.165) is 22.4 Å². The van der Waals surface area contributed by atoms with E-state index in [9.17, 15) is 0 Å². The van der Waals surface area contributed by atoms with Crippen LogP contribution in [0.15, 0.2) is 72.8 Å². The molecule has 43 heavy (non-hydrogen) atoms. The van der Waals surface area contributed by atoms with Gasteiger partial charge in [0.2, 0.25) is 10.7 Å². The summed E-state index contributed by atoms with van der Waals surface area (Å²) in [6, 6.07) is 25.7. The van der Waals surface area contributed by atoms with Crippen molar-refractivity contribution in [3.63, 3.8) is 0 Å². The fourth-order valence-electron chi connectivity index (χ4n) is 4.32. The number of fused-ring (bicyclic) bond motifs is 4. The van der Waals surface area contributed by atoms with E-state index in [2.05, 4.69) is 148 Å². The van der Waals surface area contributed by atoms with Crippen LogP contribution in [0.4, 0.5) is 11.4 Å². The molecule has 0 amide bonds. The fraction of sp³-hybridized carbons (Fsp3) is 0.273. The molecule has 0 atom stereocenters. The van der Waals surface area contributed by atoms with Gasteiger partial charge in [-0.25, -0.2) is 19.1 Å². The molecule has 0 unspecified atom stereocenters. The summed E-state index contributed by atoms with van der Waals surface area (Å²) in [4.78, 5) is 16.2. The van der Waals surface area contributed by atoms with E-state index in [0.29, 0.717) is 0 Å². The van der Waals surface area contributed by atoms with E-state index < -0.39 is 0 Å². The van der Waals surface area contributed by atoms with Crippen LogP contribution in [-0.4, -0.2) is 66.3 Å². The van der Waals surface area contributed by atoms with Crippen LogP contribution >= 0.6 is 22.7 Å². The lowest BCUT2D eigenvalue weighted by atomic mass is 10.2. The van der Waals surface area contributed by atoms with Gasteiger partial charge in [0.25, 0.3) is 0 Å². The van der Waals surface area contributed by atoms with E-state index in [1.165, 1.54) is 41.2 Å². The highest BCUT2D eigenvalue weighted by Crippen LogP contribution is 2.32. The second-order valence-electron chi connectivity index (χ2n) is 10.6. The molecule has 0 saturated carbocycles. The highest BCUT2D eigenvalue weighted by atomic mass is 35.5. The van der Waals surface area contributed by atoms with Gasteiger partial charge in [0, 0.05) is 63.8 Å². The third kappa shape index (κ3) is 8.00. The Bertz CT molecular complexity index is 1780. The number of hydrogen-bond donors (Lipinski definition) is 0. The summed E-state index contributed by atoms with van der Waals surface area (Å²) in [6.07, 6.45) is 0. The van der Waals surface area contributed by atoms with Crippen molar-refractivity contribution in [3.8, 4) is 21.1 Å². The molecule has 0 N–H and O–H groups in total. The molecule has 2 aromatic rings. The normalized spacial score (nSPS) is 10.2. The smallest absolute Gasteiger partial charge is 0.201 e. The SMILES string of the molecule is C.CN(C)c1ccc2nc3ccc(=[N+](C)C)cc-3sc2c1.CN(C)c1ccc2nc3ccc(=[N+](C)C)cc-3sc2c1.[Cl-].[Cl-]. The summed E-state index contributed by atoms with van der Waals surface area (Å²) < 4.78 is 6.68. The zero-order valence-corrected chi connectivity index (χ0v) is 28.3. The van der Waals surface area contributed by atoms with Crippen LogP contribution in [0.5, 0.6) is 0 Å². The molecule has 0 spiro atoms. The molecule has 0 radical (unpaired) electrons. The molecular weight excluding hydrogens is 615 g/mol. The van der Waals surface area contributed by atoms with E-state index in [4.69, 9.17) is 9.97 Å². The van der Waals surface area contributed by atoms with Crippen LogP contribution < -0.4 is 54.5 Å². The van der Waals surface area contributed by atoms with Gasteiger partial charge in [0.1, 0.15) is 28.2 Å². The first-order chi connectivity index (χ1) is 19.1. The summed E-state index contributed by atoms with van der Waals surface area (Å²) in [5, 5.41) is 2.41. The minimum Gasteiger partial charge on any atom is -1.00 e. The molecule has 0 saturated heterocycles. The highest BCUT2D eigenvalue weighted by molar-refractivity contribution is 7.21. The Morgan fingerprint density at radius 2 is 0.907 bits per heavy atom. The molecule has 2 aliphatic heterocycles. The van der Waals surface area contributed by atoms with Crippen molar-refractivity contribution in [2.75, 3.05) is 66.2 Å². The first kappa shape index (κ1) is 35.9. The van der Waals surface area contributed by atoms with Crippen molar-refractivity contribution in [3.05, 3.63) is 83.5 Å². The van der Waals surface area contributed by atoms with E-state index in [1.54, 1.807) is 22.7 Å². The van der Waals surface area contributed by atoms with Gasteiger partial charge >= 0.3 is 0 Å². The minimum atomic E-state index is 0. The van der Waals surface area contributed by atoms with Crippen LogP contribution in [0.1, 0.15) is 7.43 Å². The fourth-order valence-corrected chi connectivity index (χ4v) is 6.38. The maximum atomic E-state index is 4.75. The molecule has 2 aromatic carbocycles. The van der Waals surface area contributed by atoms with Gasteiger partial charge in [-0.3, -0.25) is 0 Å². The van der Waals surface area contributed by atoms with Gasteiger partial charge < -0.3 is 34.6 Å². The Balaban J connectivity index is 0.000000281. The third-order valence-electron chi connectivity index (χ3n) is 6.76. The third-order valence-corrected chi connectivity index (χ3v) is 8.95. The van der Waals surface area contributed by atoms with Crippen LogP contribution in [0.2, 0.25) is 0 Å². The quantitative estimate of drug-likeness (QED) is 0.189. The molecule has 4 aliphatic rings. The van der Waals surface area contributed by atoms with E-state index >= 15 is 0 Å². The average Bonchev–Trinajstić information content (AvgIpc) is 2.93. The van der Waals surface area contributed by atoms with Crippen molar-refractivity contribution in [2.24, 2.45) is 0 Å². The van der Waals surface area contributed by atoms with Crippen molar-refractivity contribution in [1.29, 1.82) is 0 Å². The van der Waals surface area contributed by atoms with Crippen LogP contribution in [0, 0.1) is 0 Å². The minimum absolute atomic E-state index is 0. The Kier molecular flexibility index (Phi) is 12.5. The van der Waals surface area contributed by atoms with Gasteiger partial charge in [-0.05, 0) is 48.5 Å². The Morgan fingerprint density at radius 1 is 0.535 bits per heavy atom. The van der Waals surface area contributed by atoms with Gasteiger partial charge in [0.15, 0.2) is 0 Å². The maximum Gasteiger partial charge on any atom is 0.201 e. The number of anilines is 2. The van der Waals surface area contributed by atoms with Crippen molar-refractivity contribution >= 4 is 54.5 Å². The second kappa shape index (κ2) is 14.9. The molecule has 0 bridgehead atoms. The van der Waals surface area contributed by atoms with Gasteiger partial charge in [0.05, 0.1) is 41.6 Å². The molecule has 6 rings (SSSR count). The van der Waals surface area contributed by atoms with Crippen molar-refractivity contribution in [2.45, 2.75) is 7.43 Å². The highest BCUT2D eigenvalue weighted by Gasteiger charge is 2.11. The van der Waals surface area contributed by atoms with Gasteiger partial charge in [-0.1, -0.05) is 7.43 Å². The molecule has 10 heteroatoms. The number of hydrogen-bond acceptors (Lipinski definition) is 6. The molecule has 2 aliphatic carbocycles. The monoisotopic (exact) mass is 654 g/mol. The molecule has 2 heterocycles. The first-order valence-electron chi connectivity index (χ1n) is 13.1. The largest absolute Gasteiger partial charge is 1.00 e. The topological polar surface area (TPSA) is 38.3 Å². The molecule has 0 aromatic heterocycles. The Labute approximate surface area is 275 Å². The summed E-state index contributed by atoms with van der Waals surface area (Å²) in [7, 11) is 16.5. The number of nitrogens with zero attached hydrogens (tertiary/aromatic N) is 6. The van der Waals surface area contributed by atoms with E-state index in [1.807, 2.05) is 0 Å². The lowest BCUT2D eigenvalue weighted by molar-refractivity contribution is -0.001000. The number of benzene rings is 4. The van der Waals surface area contributed by atoms with Crippen LogP contribution in [-0.2, 0) is 0 Å². The molecular formula is C33H40Cl2N6S2. The Morgan fingerprint density at radius 3 is 1.23 bits per heavy atom. The second-order valence-corrected chi connectivity index (χ2v) is 12.8. The van der Waals surface area contributed by atoms with Crippen molar-refractivity contribution in [1.82, 2.24) is 19.1 Å². The zero-order valence-electron chi connectivity index (χ0n) is 25.2. The lowest BCUT2D eigenvalue weighted by Crippen LogP contribution is -3.00. The lowest BCUT2D eigenvalue weighted by Gasteiger charge is -2.13. The zero-order chi connectivity index (χ0) is 28.6. The van der Waals surface area contributed by atoms with Gasteiger partial charge in [-0.15, -0.1) is 22.7 Å². The summed E-state index contributed by atoms with van der Waals surface area (Å²) in [5.41, 5.74) is 6.66. The molecule has 0 fully saturated rings. The predicted molar refractivity (Wildman–Crippen MR) is 182 cm³/mol. The first-order valence-corrected chi connectivity index (χ1v) is 14.8. The Hall–Kier alpha value is -3.30. The van der Waals surface area contributed by atoms with Crippen LogP contribution in [0.3, 0.4) is 0 Å². The number of aromatic nitrogens is 2. The van der Waals surface area contributed by atoms with Crippen molar-refractivity contribution < 1.29 is 24.8 Å². The average molecular weight is 656 g/mol. The molecule has 6 nitrogen and oxygen atoms in total. The van der Waals surface area contributed by atoms with E-state index in [-0.39, 0.29) is 32.2 Å². The predicted octanol–water partition coefficient (Wildman–Crippen LogP) is -0.358. The van der Waals surface area contributed by atoms with Gasteiger partial charge in [-0.2, -0.15) is 0 Å². The summed E-state index contributed by atoms with van der Waals surface area (Å²) in [5.74, 6) is 0. The standard InChI is InChI=1S/2C16H18N3S.CH4.2ClH/c2*1-18(2)11-5-7-13-15(9-11)20-16-10-12(19(3)4)6-8-14(16)17-13;;;/h2*5-10H,1-4H3;1H4;2*1H/q2*+1;;;/p-2. The molecule has 228 valence electrons.